The summed E-state index contributed by atoms with van der Waals surface area (Å²) in [6.07, 6.45) is 7.31. The molecule has 2 aliphatic heterocycles. The molecule has 18 nitrogen and oxygen atoms in total. The van der Waals surface area contributed by atoms with Gasteiger partial charge < -0.3 is 18.8 Å². The van der Waals surface area contributed by atoms with Gasteiger partial charge in [-0.15, -0.1) is 6.42 Å². The van der Waals surface area contributed by atoms with Gasteiger partial charge in [0.05, 0.1) is 38.3 Å². The number of fused-ring (bicyclic) bond motifs is 2. The number of sulfone groups is 1. The van der Waals surface area contributed by atoms with Gasteiger partial charge in [-0.1, -0.05) is 26.7 Å². The Morgan fingerprint density at radius 2 is 1.87 bits per heavy atom. The van der Waals surface area contributed by atoms with Gasteiger partial charge in [-0.25, -0.2) is 32.3 Å². The second kappa shape index (κ2) is 15.7. The van der Waals surface area contributed by atoms with Crippen molar-refractivity contribution < 1.29 is 45.0 Å². The molecule has 6 rings (SSSR count). The first kappa shape index (κ1) is 39.5. The molecular weight excluding hydrogens is 770 g/mol. The van der Waals surface area contributed by atoms with Crippen LogP contribution in [0.15, 0.2) is 51.4 Å². The molecule has 0 bridgehead atoms. The van der Waals surface area contributed by atoms with Crippen molar-refractivity contribution in [3.8, 4) is 29.9 Å². The van der Waals surface area contributed by atoms with Crippen molar-refractivity contribution in [1.29, 1.82) is 0 Å². The molecule has 286 valence electrons. The average molecular weight is 804 g/mol. The van der Waals surface area contributed by atoms with Gasteiger partial charge in [0.25, 0.3) is 15.9 Å². The van der Waals surface area contributed by atoms with Crippen LogP contribution in [-0.2, 0) is 37.6 Å². The molecule has 0 spiro atoms. The summed E-state index contributed by atoms with van der Waals surface area (Å²) in [5, 5.41) is 1.31. The van der Waals surface area contributed by atoms with Gasteiger partial charge in [0.15, 0.2) is 27.3 Å². The lowest BCUT2D eigenvalue weighted by Crippen LogP contribution is -2.39. The number of sulfonamides is 1. The maximum absolute atomic E-state index is 14.5. The van der Waals surface area contributed by atoms with Gasteiger partial charge in [0.2, 0.25) is 22.5 Å². The number of carbonyl (C=O) groups is 2. The molecule has 0 radical (unpaired) electrons. The number of anilines is 2. The van der Waals surface area contributed by atoms with Crippen LogP contribution < -0.4 is 34.0 Å². The van der Waals surface area contributed by atoms with Crippen LogP contribution in [0.3, 0.4) is 0 Å². The third-order valence-electron chi connectivity index (χ3n) is 7.69. The van der Waals surface area contributed by atoms with Gasteiger partial charge in [-0.2, -0.15) is 22.8 Å². The van der Waals surface area contributed by atoms with E-state index in [2.05, 4.69) is 49.4 Å². The van der Waals surface area contributed by atoms with Crippen LogP contribution in [0.25, 0.3) is 0 Å². The molecule has 54 heavy (non-hydrogen) atoms. The molecule has 2 N–H and O–H groups in total. The number of carbonyl (C=O) groups excluding carboxylic acids is 2. The molecule has 0 fully saturated rings. The number of halogens is 1. The minimum Gasteiger partial charge on any atom is -0.481 e. The van der Waals surface area contributed by atoms with Crippen LogP contribution >= 0.6 is 11.5 Å². The molecule has 22 heteroatoms. The fraction of sp³-hybridized carbons (Fsp3) is 0.344. The first-order chi connectivity index (χ1) is 25.5. The molecule has 0 saturated carbocycles. The van der Waals surface area contributed by atoms with E-state index < -0.39 is 41.6 Å². The van der Waals surface area contributed by atoms with E-state index in [1.807, 2.05) is 4.57 Å². The Morgan fingerprint density at radius 3 is 2.52 bits per heavy atom. The highest BCUT2D eigenvalue weighted by atomic mass is 32.2. The van der Waals surface area contributed by atoms with Crippen LogP contribution in [0.1, 0.15) is 26.6 Å². The number of hydrogen-bond donors (Lipinski definition) is 2. The van der Waals surface area contributed by atoms with E-state index in [0.717, 1.165) is 31.1 Å². The van der Waals surface area contributed by atoms with E-state index in [1.165, 1.54) is 61.8 Å². The van der Waals surface area contributed by atoms with Crippen LogP contribution in [0.4, 0.5) is 26.5 Å². The number of ether oxygens (including phenoxy) is 3. The summed E-state index contributed by atoms with van der Waals surface area (Å²) in [5.74, 6) is 2.40. The van der Waals surface area contributed by atoms with Gasteiger partial charge in [0, 0.05) is 36.8 Å². The summed E-state index contributed by atoms with van der Waals surface area (Å²) in [5.41, 5.74) is 0.678. The molecule has 4 aromatic rings. The van der Waals surface area contributed by atoms with E-state index in [4.69, 9.17) is 20.6 Å². The number of rotatable bonds is 9. The summed E-state index contributed by atoms with van der Waals surface area (Å²) in [6.45, 7) is 6.41. The Labute approximate surface area is 313 Å². The second-order valence-electron chi connectivity index (χ2n) is 12.2. The first-order valence-electron chi connectivity index (χ1n) is 15.8. The minimum absolute atomic E-state index is 0.0612. The lowest BCUT2D eigenvalue weighted by molar-refractivity contribution is -0.121. The maximum atomic E-state index is 14.5. The molecular formula is C32H34FN9O9S3. The van der Waals surface area contributed by atoms with E-state index >= 15 is 0 Å². The predicted molar refractivity (Wildman–Crippen MR) is 192 cm³/mol. The minimum atomic E-state index is -4.61. The highest BCUT2D eigenvalue weighted by molar-refractivity contribution is 7.93. The zero-order chi connectivity index (χ0) is 39.4. The second-order valence-corrected chi connectivity index (χ2v) is 16.8. The average Bonchev–Trinajstić information content (AvgIpc) is 3.64. The Morgan fingerprint density at radius 1 is 1.17 bits per heavy atom. The van der Waals surface area contributed by atoms with E-state index in [1.54, 1.807) is 4.72 Å². The third-order valence-corrected chi connectivity index (χ3v) is 11.6. The topological polar surface area (TPSA) is 226 Å². The summed E-state index contributed by atoms with van der Waals surface area (Å²) in [6, 6.07) is 5.23. The number of pyridine rings is 1. The predicted octanol–water partition coefficient (Wildman–Crippen LogP) is 2.45. The Hall–Kier alpha value is -5.66. The number of benzene rings is 1. The Kier molecular flexibility index (Phi) is 11.5. The van der Waals surface area contributed by atoms with Crippen LogP contribution in [0.2, 0.25) is 0 Å². The smallest absolute Gasteiger partial charge is 0.335 e. The van der Waals surface area contributed by atoms with Gasteiger partial charge in [0.1, 0.15) is 22.2 Å². The number of nitrogens with one attached hydrogen (secondary N) is 2. The molecule has 5 heterocycles. The third kappa shape index (κ3) is 8.75. The maximum Gasteiger partial charge on any atom is 0.335 e. The van der Waals surface area contributed by atoms with Crippen molar-refractivity contribution in [3.63, 3.8) is 0 Å². The zero-order valence-corrected chi connectivity index (χ0v) is 31.9. The summed E-state index contributed by atoms with van der Waals surface area (Å²) < 4.78 is 87.0. The molecule has 3 aromatic heterocycles. The molecule has 1 aromatic carbocycles. The number of nitrogens with zero attached hydrogens (tertiary/aromatic N) is 7. The zero-order valence-electron chi connectivity index (χ0n) is 29.5. The number of methoxy groups -OCH3 is 2. The summed E-state index contributed by atoms with van der Waals surface area (Å²) >= 11 is 1.24. The van der Waals surface area contributed by atoms with Crippen molar-refractivity contribution in [1.82, 2.24) is 28.6 Å². The van der Waals surface area contributed by atoms with E-state index in [-0.39, 0.29) is 53.6 Å². The molecule has 0 atom stereocenters. The molecule has 3 amide bonds. The molecule has 0 saturated heterocycles. The Bertz CT molecular complexity index is 2420. The van der Waals surface area contributed by atoms with Gasteiger partial charge >= 0.3 is 6.03 Å². The summed E-state index contributed by atoms with van der Waals surface area (Å²) in [4.78, 5) is 41.4. The highest BCUT2D eigenvalue weighted by Gasteiger charge is 2.32. The lowest BCUT2D eigenvalue weighted by Gasteiger charge is -2.28. The molecule has 0 aliphatic carbocycles. The fourth-order valence-electron chi connectivity index (χ4n) is 5.18. The summed E-state index contributed by atoms with van der Waals surface area (Å²) in [7, 11) is -5.85. The SMILES string of the molecule is C#CCN1C(=O)COc2cc(F)c(N=c3snc4n3CC(C)(C)C4)cc21.CCS(=O)(=O)c1cccnc1S(=O)(=O)NC(=O)Nc1nc(OC)cc(OC)n1. The highest BCUT2D eigenvalue weighted by Crippen LogP contribution is 2.37. The van der Waals surface area contributed by atoms with E-state index in [0.29, 0.717) is 16.2 Å². The normalized spacial score (nSPS) is 14.8. The number of urea groups is 1. The van der Waals surface area contributed by atoms with E-state index in [9.17, 15) is 30.8 Å². The largest absolute Gasteiger partial charge is 0.481 e. The van der Waals surface area contributed by atoms with Crippen molar-refractivity contribution in [2.45, 2.75) is 43.7 Å². The quantitative estimate of drug-likeness (QED) is 0.232. The van der Waals surface area contributed by atoms with Gasteiger partial charge in [-0.3, -0.25) is 15.0 Å². The van der Waals surface area contributed by atoms with Crippen molar-refractivity contribution in [2.24, 2.45) is 10.4 Å². The van der Waals surface area contributed by atoms with Crippen LogP contribution in [0.5, 0.6) is 17.5 Å². The lowest BCUT2D eigenvalue weighted by atomic mass is 9.92. The standard InChI is InChI=1S/C18H17FN4O2S.C14H17N5O7S2/c1-4-5-22-13-7-12(11(19)6-14(13)25-9-16(22)24)20-17-23-10-18(2,3)8-15(23)21-26-17;1-4-27(21,22)9-6-5-7-15-12(9)28(23,24)19-14(20)18-13-16-10(25-2)8-11(17-13)26-3/h1,6-7H,5,8-10H2,2-3H3;5-8H,4H2,1-3H3,(H2,16,17,18,19,20). The number of aromatic nitrogens is 5. The van der Waals surface area contributed by atoms with Crippen molar-refractivity contribution >= 4 is 60.7 Å². The Balaban J connectivity index is 0.000000208. The fourth-order valence-corrected chi connectivity index (χ4v) is 8.49. The molecule has 2 aliphatic rings. The van der Waals surface area contributed by atoms with Crippen molar-refractivity contribution in [2.75, 3.05) is 43.3 Å². The van der Waals surface area contributed by atoms with Crippen LogP contribution in [0, 0.1) is 23.6 Å². The number of hydrogen-bond acceptors (Lipinski definition) is 15. The molecule has 0 unspecified atom stereocenters. The first-order valence-corrected chi connectivity index (χ1v) is 19.7. The van der Waals surface area contributed by atoms with Crippen LogP contribution in [-0.4, -0.2) is 85.8 Å². The van der Waals surface area contributed by atoms with Crippen molar-refractivity contribution in [3.05, 3.63) is 53.0 Å². The van der Waals surface area contributed by atoms with Gasteiger partial charge in [-0.05, 0) is 23.6 Å². The number of amides is 3. The number of terminal acetylenes is 1. The monoisotopic (exact) mass is 803 g/mol.